The van der Waals surface area contributed by atoms with Gasteiger partial charge in [0, 0.05) is 18.4 Å². The number of hydrogen-bond donors (Lipinski definition) is 1. The third-order valence-corrected chi connectivity index (χ3v) is 4.52. The summed E-state index contributed by atoms with van der Waals surface area (Å²) in [5.41, 5.74) is 1.11. The number of nitrogens with zero attached hydrogens (tertiary/aromatic N) is 3. The molecule has 1 fully saturated rings. The molecule has 2 atom stereocenters. The van der Waals surface area contributed by atoms with Crippen LogP contribution in [0.3, 0.4) is 0 Å². The van der Waals surface area contributed by atoms with Gasteiger partial charge in [-0.3, -0.25) is 0 Å². The van der Waals surface area contributed by atoms with Gasteiger partial charge in [-0.2, -0.15) is 5.10 Å². The highest BCUT2D eigenvalue weighted by Crippen LogP contribution is 2.31. The number of anilines is 1. The Morgan fingerprint density at radius 2 is 2.19 bits per heavy atom. The SMILES string of the molecule is CC(C)C1CCCC(Nc2ccc(-n3cccn3)nc2)C1. The van der Waals surface area contributed by atoms with Gasteiger partial charge in [0.2, 0.25) is 0 Å². The van der Waals surface area contributed by atoms with Gasteiger partial charge >= 0.3 is 0 Å². The maximum Gasteiger partial charge on any atom is 0.153 e. The molecule has 0 spiro atoms. The van der Waals surface area contributed by atoms with Crippen LogP contribution in [0.15, 0.2) is 36.8 Å². The fourth-order valence-corrected chi connectivity index (χ4v) is 3.21. The van der Waals surface area contributed by atoms with E-state index in [1.807, 2.05) is 24.5 Å². The van der Waals surface area contributed by atoms with E-state index in [1.165, 1.54) is 25.7 Å². The second-order valence-electron chi connectivity index (χ2n) is 6.37. The third kappa shape index (κ3) is 3.43. The Morgan fingerprint density at radius 1 is 1.29 bits per heavy atom. The molecule has 1 aliphatic rings. The van der Waals surface area contributed by atoms with Crippen LogP contribution >= 0.6 is 0 Å². The molecule has 2 unspecified atom stereocenters. The van der Waals surface area contributed by atoms with Crippen molar-refractivity contribution in [3.8, 4) is 5.82 Å². The Hall–Kier alpha value is -1.84. The minimum atomic E-state index is 0.587. The number of rotatable bonds is 4. The largest absolute Gasteiger partial charge is 0.381 e. The first-order valence-corrected chi connectivity index (χ1v) is 7.95. The topological polar surface area (TPSA) is 42.7 Å². The van der Waals surface area contributed by atoms with Crippen LogP contribution in [0.2, 0.25) is 0 Å². The number of hydrogen-bond acceptors (Lipinski definition) is 3. The third-order valence-electron chi connectivity index (χ3n) is 4.52. The van der Waals surface area contributed by atoms with Crippen molar-refractivity contribution in [2.24, 2.45) is 11.8 Å². The maximum atomic E-state index is 4.48. The average Bonchev–Trinajstić information content (AvgIpc) is 3.02. The summed E-state index contributed by atoms with van der Waals surface area (Å²) in [6.07, 6.45) is 10.8. The highest BCUT2D eigenvalue weighted by molar-refractivity contribution is 5.44. The fraction of sp³-hybridized carbons (Fsp3) is 0.529. The van der Waals surface area contributed by atoms with Crippen LogP contribution in [0.1, 0.15) is 39.5 Å². The van der Waals surface area contributed by atoms with E-state index in [0.29, 0.717) is 6.04 Å². The molecule has 1 saturated carbocycles. The summed E-state index contributed by atoms with van der Waals surface area (Å²) < 4.78 is 1.78. The Balaban J connectivity index is 1.62. The molecule has 0 amide bonds. The van der Waals surface area contributed by atoms with Crippen molar-refractivity contribution in [1.29, 1.82) is 0 Å². The molecule has 2 aromatic heterocycles. The second-order valence-corrected chi connectivity index (χ2v) is 6.37. The molecule has 1 N–H and O–H groups in total. The summed E-state index contributed by atoms with van der Waals surface area (Å²) in [6, 6.07) is 6.60. The van der Waals surface area contributed by atoms with Gasteiger partial charge in [0.25, 0.3) is 0 Å². The molecule has 4 nitrogen and oxygen atoms in total. The normalized spacial score (nSPS) is 22.4. The van der Waals surface area contributed by atoms with Crippen molar-refractivity contribution in [3.63, 3.8) is 0 Å². The van der Waals surface area contributed by atoms with Gasteiger partial charge in [-0.1, -0.05) is 26.7 Å². The molecule has 112 valence electrons. The summed E-state index contributed by atoms with van der Waals surface area (Å²) in [5.74, 6) is 2.50. The maximum absolute atomic E-state index is 4.48. The van der Waals surface area contributed by atoms with Gasteiger partial charge in [-0.25, -0.2) is 9.67 Å². The molecular formula is C17H24N4. The quantitative estimate of drug-likeness (QED) is 0.926. The zero-order chi connectivity index (χ0) is 14.7. The van der Waals surface area contributed by atoms with Crippen molar-refractivity contribution in [2.75, 3.05) is 5.32 Å². The van der Waals surface area contributed by atoms with Crippen LogP contribution in [-0.4, -0.2) is 20.8 Å². The van der Waals surface area contributed by atoms with Crippen molar-refractivity contribution in [2.45, 2.75) is 45.6 Å². The van der Waals surface area contributed by atoms with E-state index < -0.39 is 0 Å². The Labute approximate surface area is 126 Å². The van der Waals surface area contributed by atoms with Gasteiger partial charge < -0.3 is 5.32 Å². The smallest absolute Gasteiger partial charge is 0.153 e. The summed E-state index contributed by atoms with van der Waals surface area (Å²) in [4.78, 5) is 4.48. The highest BCUT2D eigenvalue weighted by Gasteiger charge is 2.23. The van der Waals surface area contributed by atoms with Crippen LogP contribution in [-0.2, 0) is 0 Å². The Kier molecular flexibility index (Phi) is 4.23. The molecule has 0 radical (unpaired) electrons. The van der Waals surface area contributed by atoms with Crippen LogP contribution in [0.25, 0.3) is 5.82 Å². The van der Waals surface area contributed by atoms with Crippen molar-refractivity contribution >= 4 is 5.69 Å². The average molecular weight is 284 g/mol. The van der Waals surface area contributed by atoms with Crippen molar-refractivity contribution in [3.05, 3.63) is 36.8 Å². The molecule has 3 rings (SSSR count). The van der Waals surface area contributed by atoms with Crippen LogP contribution < -0.4 is 5.32 Å². The van der Waals surface area contributed by atoms with Crippen LogP contribution in [0, 0.1) is 11.8 Å². The second kappa shape index (κ2) is 6.29. The van der Waals surface area contributed by atoms with E-state index in [2.05, 4.69) is 35.3 Å². The first-order valence-electron chi connectivity index (χ1n) is 7.95. The summed E-state index contributed by atoms with van der Waals surface area (Å²) >= 11 is 0. The van der Waals surface area contributed by atoms with Gasteiger partial charge in [0.05, 0.1) is 11.9 Å². The molecular weight excluding hydrogens is 260 g/mol. The van der Waals surface area contributed by atoms with Crippen LogP contribution in [0.4, 0.5) is 5.69 Å². The number of pyridine rings is 1. The molecule has 2 heterocycles. The van der Waals surface area contributed by atoms with Gasteiger partial charge in [0.1, 0.15) is 0 Å². The molecule has 0 aromatic carbocycles. The van der Waals surface area contributed by atoms with Gasteiger partial charge in [-0.15, -0.1) is 0 Å². The predicted molar refractivity (Wildman–Crippen MR) is 85.6 cm³/mol. The lowest BCUT2D eigenvalue weighted by atomic mass is 9.79. The molecule has 2 aromatic rings. The minimum absolute atomic E-state index is 0.587. The molecule has 4 heteroatoms. The lowest BCUT2D eigenvalue weighted by Gasteiger charge is -2.32. The van der Waals surface area contributed by atoms with Crippen molar-refractivity contribution < 1.29 is 0 Å². The molecule has 0 aliphatic heterocycles. The first kappa shape index (κ1) is 14.1. The molecule has 21 heavy (non-hydrogen) atoms. The van der Waals surface area contributed by atoms with E-state index in [9.17, 15) is 0 Å². The number of aromatic nitrogens is 3. The van der Waals surface area contributed by atoms with E-state index in [-0.39, 0.29) is 0 Å². The van der Waals surface area contributed by atoms with Gasteiger partial charge in [-0.05, 0) is 42.9 Å². The fourth-order valence-electron chi connectivity index (χ4n) is 3.21. The van der Waals surface area contributed by atoms with E-state index >= 15 is 0 Å². The lowest BCUT2D eigenvalue weighted by molar-refractivity contribution is 0.264. The standard InChI is InChI=1S/C17H24N4/c1-13(2)14-5-3-6-15(11-14)20-16-7-8-17(18-12-16)21-10-4-9-19-21/h4,7-10,12-15,20H,3,5-6,11H2,1-2H3. The summed E-state index contributed by atoms with van der Waals surface area (Å²) in [6.45, 7) is 4.68. The predicted octanol–water partition coefficient (Wildman–Crippen LogP) is 3.89. The molecule has 1 aliphatic carbocycles. The van der Waals surface area contributed by atoms with E-state index in [1.54, 1.807) is 10.9 Å². The zero-order valence-corrected chi connectivity index (χ0v) is 12.9. The minimum Gasteiger partial charge on any atom is -0.381 e. The van der Waals surface area contributed by atoms with Gasteiger partial charge in [0.15, 0.2) is 5.82 Å². The lowest BCUT2D eigenvalue weighted by Crippen LogP contribution is -2.29. The van der Waals surface area contributed by atoms with Crippen LogP contribution in [0.5, 0.6) is 0 Å². The first-order chi connectivity index (χ1) is 10.2. The van der Waals surface area contributed by atoms with E-state index in [0.717, 1.165) is 23.3 Å². The number of nitrogens with one attached hydrogen (secondary N) is 1. The Morgan fingerprint density at radius 3 is 2.86 bits per heavy atom. The zero-order valence-electron chi connectivity index (χ0n) is 12.9. The van der Waals surface area contributed by atoms with E-state index in [4.69, 9.17) is 0 Å². The molecule has 0 bridgehead atoms. The monoisotopic (exact) mass is 284 g/mol. The van der Waals surface area contributed by atoms with Crippen molar-refractivity contribution in [1.82, 2.24) is 14.8 Å². The summed E-state index contributed by atoms with van der Waals surface area (Å²) in [7, 11) is 0. The molecule has 0 saturated heterocycles. The summed E-state index contributed by atoms with van der Waals surface area (Å²) in [5, 5.41) is 7.84. The highest BCUT2D eigenvalue weighted by atomic mass is 15.3. The Bertz CT molecular complexity index is 545.